The number of phenols is 1. The van der Waals surface area contributed by atoms with Gasteiger partial charge < -0.3 is 30.1 Å². The number of nitrogens with one attached hydrogen (secondary N) is 1. The number of rotatable bonds is 14. The molecule has 8 aromatic rings. The molecule has 0 atom stereocenters. The third-order valence-electron chi connectivity index (χ3n) is 10.7. The van der Waals surface area contributed by atoms with Crippen LogP contribution in [0.2, 0.25) is 10.0 Å². The number of aromatic hydroxyl groups is 1. The summed E-state index contributed by atoms with van der Waals surface area (Å²) < 4.78 is 76.8. The Balaban J connectivity index is 0.000000241. The fourth-order valence-corrected chi connectivity index (χ4v) is 9.57. The molecular formula is C52H42BaCl2N6O12S2. The van der Waals surface area contributed by atoms with Crippen LogP contribution in [0.1, 0.15) is 40.9 Å². The van der Waals surface area contributed by atoms with Gasteiger partial charge in [-0.3, -0.25) is 18.9 Å². The van der Waals surface area contributed by atoms with E-state index in [2.05, 4.69) is 30.8 Å². The fourth-order valence-electron chi connectivity index (χ4n) is 7.36. The Morgan fingerprint density at radius 1 is 0.613 bits per heavy atom. The first kappa shape index (κ1) is 57.9. The zero-order valence-electron chi connectivity index (χ0n) is 40.1. The third kappa shape index (κ3) is 13.7. The first-order chi connectivity index (χ1) is 35.2. The van der Waals surface area contributed by atoms with E-state index in [1.807, 2.05) is 6.92 Å². The number of azo groups is 2. The van der Waals surface area contributed by atoms with E-state index in [1.54, 1.807) is 118 Å². The number of carbonyl (C=O) groups is 1. The van der Waals surface area contributed by atoms with Gasteiger partial charge >= 0.3 is 48.9 Å². The molecule has 0 radical (unpaired) electrons. The van der Waals surface area contributed by atoms with Gasteiger partial charge in [-0.25, -0.2) is 0 Å². The van der Waals surface area contributed by atoms with Crippen molar-refractivity contribution in [1.82, 2.24) is 0 Å². The maximum atomic E-state index is 13.4. The molecule has 75 heavy (non-hydrogen) atoms. The van der Waals surface area contributed by atoms with E-state index in [-0.39, 0.29) is 98.5 Å². The van der Waals surface area contributed by atoms with E-state index in [0.717, 1.165) is 0 Å². The van der Waals surface area contributed by atoms with E-state index in [4.69, 9.17) is 32.7 Å². The van der Waals surface area contributed by atoms with Crippen molar-refractivity contribution < 1.29 is 55.5 Å². The van der Waals surface area contributed by atoms with E-state index >= 15 is 0 Å². The molecule has 4 N–H and O–H groups in total. The summed E-state index contributed by atoms with van der Waals surface area (Å²) in [5.41, 5.74) is 1.01. The van der Waals surface area contributed by atoms with Crippen molar-refractivity contribution in [2.45, 2.75) is 37.5 Å². The van der Waals surface area contributed by atoms with Gasteiger partial charge in [0.15, 0.2) is 5.75 Å². The molecule has 0 bridgehead atoms. The van der Waals surface area contributed by atoms with Crippen molar-refractivity contribution >= 4 is 160 Å². The van der Waals surface area contributed by atoms with E-state index in [0.29, 0.717) is 63.1 Å². The number of halogens is 2. The molecule has 23 heteroatoms. The molecular weight excluding hydrogens is 1170 g/mol. The quantitative estimate of drug-likeness (QED) is 0.0260. The predicted molar refractivity (Wildman–Crippen MR) is 284 cm³/mol. The normalized spacial score (nSPS) is 11.9. The Morgan fingerprint density at radius 3 is 1.61 bits per heavy atom. The molecule has 0 aliphatic heterocycles. The van der Waals surface area contributed by atoms with Crippen molar-refractivity contribution in [3.05, 3.63) is 166 Å². The molecule has 0 unspecified atom stereocenters. The van der Waals surface area contributed by atoms with Gasteiger partial charge in [0, 0.05) is 10.8 Å². The SMILES string of the molecule is CCOc1ccccc1N=C([O-])c1cc2ccccc2c(N=Nc2cc(C)cc(S(=O)(=O)O)c2Cl)c1[O-].CCOc1ccccc1NC(=O)c1cc2ccccc2c(N=Nc2cc(C)cc(S(=O)(=O)O)c2Cl)c1O.[Ba+2]. The number of hydrogen-bond acceptors (Lipinski definition) is 15. The summed E-state index contributed by atoms with van der Waals surface area (Å²) in [5.74, 6) is -1.68. The van der Waals surface area contributed by atoms with Crippen LogP contribution >= 0.6 is 23.2 Å². The summed E-state index contributed by atoms with van der Waals surface area (Å²) >= 11 is 12.3. The smallest absolute Gasteiger partial charge is 0.871 e. The van der Waals surface area contributed by atoms with Crippen LogP contribution in [0.15, 0.2) is 169 Å². The van der Waals surface area contributed by atoms with E-state index in [1.165, 1.54) is 36.4 Å². The standard InChI is InChI=1S/2C26H22ClN3O6S.Ba/c2*1-3-36-21-11-7-6-10-19(21)28-26(32)18-14-16-8-4-5-9-17(16)24(25(18)31)30-29-20-12-15(2)13-22(23(20)27)37(33,34)35;/h2*4-14,31H,3H2,1-2H3,(H,28,32)(H,33,34,35);/q;;+2/p-2. The molecule has 0 aromatic heterocycles. The van der Waals surface area contributed by atoms with Crippen molar-refractivity contribution in [2.24, 2.45) is 25.4 Å². The number of aliphatic imine (C=N–C) groups is 1. The summed E-state index contributed by atoms with van der Waals surface area (Å²) in [6.45, 7) is 7.58. The molecule has 0 spiro atoms. The number of anilines is 1. The monoisotopic (exact) mass is 1210 g/mol. The second kappa shape index (κ2) is 25.0. The molecule has 0 saturated heterocycles. The van der Waals surface area contributed by atoms with Crippen molar-refractivity contribution in [3.63, 3.8) is 0 Å². The molecule has 0 saturated carbocycles. The number of benzene rings is 8. The first-order valence-corrected chi connectivity index (χ1v) is 25.7. The summed E-state index contributed by atoms with van der Waals surface area (Å²) in [5, 5.41) is 57.9. The topological polar surface area (TPSA) is 284 Å². The molecule has 18 nitrogen and oxygen atoms in total. The van der Waals surface area contributed by atoms with Crippen molar-refractivity contribution in [1.29, 1.82) is 0 Å². The number of phenolic OH excluding ortho intramolecular Hbond substituents is 1. The summed E-state index contributed by atoms with van der Waals surface area (Å²) in [6, 6.07) is 35.6. The predicted octanol–water partition coefficient (Wildman–Crippen LogP) is 11.8. The molecule has 0 aliphatic rings. The van der Waals surface area contributed by atoms with Crippen molar-refractivity contribution in [2.75, 3.05) is 18.5 Å². The first-order valence-electron chi connectivity index (χ1n) is 22.1. The third-order valence-corrected chi connectivity index (χ3v) is 13.4. The van der Waals surface area contributed by atoms with Crippen LogP contribution in [-0.2, 0) is 20.2 Å². The second-order valence-electron chi connectivity index (χ2n) is 15.9. The minimum Gasteiger partial charge on any atom is -0.871 e. The average molecular weight is 1220 g/mol. The van der Waals surface area contributed by atoms with Crippen LogP contribution in [-0.4, -0.2) is 105 Å². The molecule has 8 aromatic carbocycles. The van der Waals surface area contributed by atoms with Gasteiger partial charge in [0.05, 0.1) is 40.2 Å². The van der Waals surface area contributed by atoms with Crippen LogP contribution < -0.4 is 25.0 Å². The maximum Gasteiger partial charge on any atom is 2.00 e. The number of para-hydroxylation sites is 4. The summed E-state index contributed by atoms with van der Waals surface area (Å²) in [7, 11) is -9.23. The van der Waals surface area contributed by atoms with Gasteiger partial charge in [0.1, 0.15) is 44.0 Å². The molecule has 0 aliphatic carbocycles. The number of ether oxygens (including phenoxy) is 2. The van der Waals surface area contributed by atoms with E-state index < -0.39 is 53.3 Å². The van der Waals surface area contributed by atoms with Crippen LogP contribution in [0.5, 0.6) is 23.0 Å². The van der Waals surface area contributed by atoms with Gasteiger partial charge in [-0.15, -0.1) is 15.3 Å². The molecule has 1 amide bonds. The Hall–Kier alpha value is -6.41. The molecule has 0 fully saturated rings. The molecule has 380 valence electrons. The van der Waals surface area contributed by atoms with Crippen LogP contribution in [0.4, 0.5) is 34.1 Å². The Labute approximate surface area is 481 Å². The van der Waals surface area contributed by atoms with Gasteiger partial charge in [-0.2, -0.15) is 21.9 Å². The number of aryl methyl sites for hydroxylation is 2. The summed E-state index contributed by atoms with van der Waals surface area (Å²) in [6.07, 6.45) is 0. The zero-order valence-corrected chi connectivity index (χ0v) is 47.7. The van der Waals surface area contributed by atoms with Crippen LogP contribution in [0.25, 0.3) is 21.5 Å². The summed E-state index contributed by atoms with van der Waals surface area (Å²) in [4.78, 5) is 16.2. The Morgan fingerprint density at radius 2 is 1.07 bits per heavy atom. The van der Waals surface area contributed by atoms with Gasteiger partial charge in [-0.1, -0.05) is 102 Å². The number of hydrogen-bond donors (Lipinski definition) is 4. The van der Waals surface area contributed by atoms with Gasteiger partial charge in [0.2, 0.25) is 0 Å². The van der Waals surface area contributed by atoms with E-state index in [9.17, 15) is 46.1 Å². The maximum absolute atomic E-state index is 13.4. The minimum absolute atomic E-state index is 0. The van der Waals surface area contributed by atoms with Crippen LogP contribution in [0, 0.1) is 13.8 Å². The number of nitrogens with zero attached hydrogens (tertiary/aromatic N) is 5. The largest absolute Gasteiger partial charge is 2.00 e. The fraction of sp³-hybridized carbons (Fsp3) is 0.115. The van der Waals surface area contributed by atoms with Gasteiger partial charge in [0.25, 0.3) is 26.1 Å². The zero-order chi connectivity index (χ0) is 53.5. The van der Waals surface area contributed by atoms with Crippen molar-refractivity contribution in [3.8, 4) is 23.0 Å². The van der Waals surface area contributed by atoms with Gasteiger partial charge in [-0.05, 0) is 122 Å². The number of carbonyl (C=O) groups excluding carboxylic acids is 1. The Bertz CT molecular complexity index is 3830. The van der Waals surface area contributed by atoms with Crippen LogP contribution in [0.3, 0.4) is 0 Å². The molecule has 8 rings (SSSR count). The average Bonchev–Trinajstić information content (AvgIpc) is 3.35. The minimum atomic E-state index is -4.62. The number of amides is 1. The number of fused-ring (bicyclic) bond motifs is 2. The molecule has 0 heterocycles. The Kier molecular flexibility index (Phi) is 19.3. The second-order valence-corrected chi connectivity index (χ2v) is 19.4.